The van der Waals surface area contributed by atoms with E-state index in [0.29, 0.717) is 6.42 Å². The van der Waals surface area contributed by atoms with Crippen LogP contribution in [-0.4, -0.2) is 0 Å². The maximum atomic E-state index is 5.21. The normalized spacial score (nSPS) is 9.75. The molecule has 1 atom stereocenters. The molecule has 0 radical (unpaired) electrons. The topological polar surface area (TPSA) is 0 Å². The van der Waals surface area contributed by atoms with Crippen molar-refractivity contribution < 1.29 is 0 Å². The van der Waals surface area contributed by atoms with Gasteiger partial charge in [-0.25, -0.2) is 0 Å². The maximum absolute atomic E-state index is 5.21. The van der Waals surface area contributed by atoms with E-state index in [1.165, 1.54) is 0 Å². The molecular formula is C12H14. The van der Waals surface area contributed by atoms with Crippen LogP contribution in [0.4, 0.5) is 0 Å². The lowest BCUT2D eigenvalue weighted by molar-refractivity contribution is 0.725. The molecule has 0 nitrogen and oxygen atoms in total. The molecule has 0 aromatic heterocycles. The highest BCUT2D eigenvalue weighted by atomic mass is 14.0. The summed E-state index contributed by atoms with van der Waals surface area (Å²) >= 11 is 0. The first-order valence-corrected chi connectivity index (χ1v) is 4.16. The Labute approximate surface area is 75.8 Å². The molecule has 0 bridgehead atoms. The van der Waals surface area contributed by atoms with E-state index in [1.54, 1.807) is 0 Å². The Bertz CT molecular complexity index is 256. The van der Waals surface area contributed by atoms with Crippen molar-refractivity contribution in [2.45, 2.75) is 33.1 Å². The molecule has 0 heterocycles. The van der Waals surface area contributed by atoms with Crippen molar-refractivity contribution in [1.29, 1.82) is 0 Å². The molecule has 0 aliphatic rings. The monoisotopic (exact) mass is 158 g/mol. The van der Waals surface area contributed by atoms with E-state index in [1.807, 2.05) is 13.8 Å². The number of terminal acetylenes is 1. The Hall–Kier alpha value is -1.32. The summed E-state index contributed by atoms with van der Waals surface area (Å²) in [6.45, 7) is 3.87. The highest BCUT2D eigenvalue weighted by Gasteiger charge is 1.99. The lowest BCUT2D eigenvalue weighted by Gasteiger charge is -1.99. The quantitative estimate of drug-likeness (QED) is 0.541. The largest absolute Gasteiger partial charge is 0.120 e. The van der Waals surface area contributed by atoms with Gasteiger partial charge < -0.3 is 0 Å². The van der Waals surface area contributed by atoms with Gasteiger partial charge >= 0.3 is 0 Å². The lowest BCUT2D eigenvalue weighted by atomic mass is 10.0. The highest BCUT2D eigenvalue weighted by molar-refractivity contribution is 5.11. The standard InChI is InChI=1S/C12H14/c1-4-7-10-12(9-6-3)11-8-5-2/h3,12H,4,9,11H2,1-2H3. The van der Waals surface area contributed by atoms with E-state index in [-0.39, 0.29) is 5.92 Å². The highest BCUT2D eigenvalue weighted by Crippen LogP contribution is 2.04. The zero-order chi connectivity index (χ0) is 9.23. The second kappa shape index (κ2) is 7.78. The van der Waals surface area contributed by atoms with Crippen LogP contribution in [-0.2, 0) is 0 Å². The van der Waals surface area contributed by atoms with E-state index in [9.17, 15) is 0 Å². The van der Waals surface area contributed by atoms with Gasteiger partial charge in [0.1, 0.15) is 0 Å². The second-order valence-electron chi connectivity index (χ2n) is 2.41. The van der Waals surface area contributed by atoms with Crippen molar-refractivity contribution in [1.82, 2.24) is 0 Å². The number of rotatable bonds is 2. The van der Waals surface area contributed by atoms with Crippen LogP contribution in [0.2, 0.25) is 0 Å². The molecule has 0 saturated carbocycles. The molecule has 62 valence electrons. The summed E-state index contributed by atoms with van der Waals surface area (Å²) in [7, 11) is 0. The first kappa shape index (κ1) is 10.7. The van der Waals surface area contributed by atoms with Crippen LogP contribution in [0.1, 0.15) is 33.1 Å². The van der Waals surface area contributed by atoms with E-state index < -0.39 is 0 Å². The van der Waals surface area contributed by atoms with Gasteiger partial charge in [0.25, 0.3) is 0 Å². The minimum absolute atomic E-state index is 0.266. The summed E-state index contributed by atoms with van der Waals surface area (Å²) < 4.78 is 0. The minimum Gasteiger partial charge on any atom is -0.120 e. The zero-order valence-corrected chi connectivity index (χ0v) is 7.78. The maximum Gasteiger partial charge on any atom is 0.0421 e. The molecule has 0 aliphatic heterocycles. The van der Waals surface area contributed by atoms with Gasteiger partial charge in [-0.05, 0) is 6.92 Å². The minimum atomic E-state index is 0.266. The van der Waals surface area contributed by atoms with E-state index in [4.69, 9.17) is 6.42 Å². The summed E-state index contributed by atoms with van der Waals surface area (Å²) in [5, 5.41) is 0. The fourth-order valence-corrected chi connectivity index (χ4v) is 0.788. The average molecular weight is 158 g/mol. The Morgan fingerprint density at radius 2 is 2.00 bits per heavy atom. The van der Waals surface area contributed by atoms with E-state index in [2.05, 4.69) is 29.6 Å². The Balaban J connectivity index is 4.02. The van der Waals surface area contributed by atoms with Crippen LogP contribution in [0.25, 0.3) is 0 Å². The Morgan fingerprint density at radius 3 is 2.50 bits per heavy atom. The summed E-state index contributed by atoms with van der Waals surface area (Å²) in [4.78, 5) is 0. The fourth-order valence-electron chi connectivity index (χ4n) is 0.788. The molecule has 0 aromatic carbocycles. The zero-order valence-electron chi connectivity index (χ0n) is 7.78. The first-order chi connectivity index (χ1) is 5.85. The second-order valence-corrected chi connectivity index (χ2v) is 2.41. The van der Waals surface area contributed by atoms with Gasteiger partial charge in [-0.15, -0.1) is 30.1 Å². The van der Waals surface area contributed by atoms with Crippen LogP contribution in [0.3, 0.4) is 0 Å². The van der Waals surface area contributed by atoms with Gasteiger partial charge in [0.2, 0.25) is 0 Å². The third kappa shape index (κ3) is 5.46. The third-order valence-corrected chi connectivity index (χ3v) is 1.37. The smallest absolute Gasteiger partial charge is 0.0421 e. The van der Waals surface area contributed by atoms with Crippen LogP contribution < -0.4 is 0 Å². The molecule has 0 fully saturated rings. The molecule has 0 saturated heterocycles. The molecule has 1 unspecified atom stereocenters. The van der Waals surface area contributed by atoms with Crippen molar-refractivity contribution in [3.8, 4) is 36.0 Å². The van der Waals surface area contributed by atoms with E-state index >= 15 is 0 Å². The van der Waals surface area contributed by atoms with E-state index in [0.717, 1.165) is 12.8 Å². The van der Waals surface area contributed by atoms with Gasteiger partial charge in [-0.1, -0.05) is 12.8 Å². The molecule has 0 N–H and O–H groups in total. The van der Waals surface area contributed by atoms with Gasteiger partial charge in [0, 0.05) is 25.2 Å². The molecule has 0 rings (SSSR count). The fraction of sp³-hybridized carbons (Fsp3) is 0.500. The van der Waals surface area contributed by atoms with Crippen molar-refractivity contribution >= 4 is 0 Å². The molecule has 0 aromatic rings. The molecule has 0 spiro atoms. The van der Waals surface area contributed by atoms with Crippen molar-refractivity contribution in [3.63, 3.8) is 0 Å². The Kier molecular flexibility index (Phi) is 6.93. The predicted molar refractivity (Wildman–Crippen MR) is 53.1 cm³/mol. The third-order valence-electron chi connectivity index (χ3n) is 1.37. The summed E-state index contributed by atoms with van der Waals surface area (Å²) in [6.07, 6.45) is 7.61. The van der Waals surface area contributed by atoms with Crippen molar-refractivity contribution in [2.75, 3.05) is 0 Å². The van der Waals surface area contributed by atoms with Gasteiger partial charge in [-0.3, -0.25) is 0 Å². The summed E-state index contributed by atoms with van der Waals surface area (Å²) in [5.74, 6) is 14.9. The molecule has 12 heavy (non-hydrogen) atoms. The number of hydrogen-bond donors (Lipinski definition) is 0. The first-order valence-electron chi connectivity index (χ1n) is 4.16. The summed E-state index contributed by atoms with van der Waals surface area (Å²) in [6, 6.07) is 0. The predicted octanol–water partition coefficient (Wildman–Crippen LogP) is 2.45. The molecule has 0 aliphatic carbocycles. The van der Waals surface area contributed by atoms with Crippen molar-refractivity contribution in [2.24, 2.45) is 5.92 Å². The van der Waals surface area contributed by atoms with Gasteiger partial charge in [0.15, 0.2) is 0 Å². The van der Waals surface area contributed by atoms with Gasteiger partial charge in [0.05, 0.1) is 0 Å². The van der Waals surface area contributed by atoms with Crippen LogP contribution >= 0.6 is 0 Å². The lowest BCUT2D eigenvalue weighted by Crippen LogP contribution is -1.93. The molecular weight excluding hydrogens is 144 g/mol. The molecule has 0 heteroatoms. The van der Waals surface area contributed by atoms with Crippen LogP contribution in [0, 0.1) is 41.9 Å². The van der Waals surface area contributed by atoms with Crippen LogP contribution in [0.5, 0.6) is 0 Å². The van der Waals surface area contributed by atoms with Crippen molar-refractivity contribution in [3.05, 3.63) is 0 Å². The molecule has 0 amide bonds. The van der Waals surface area contributed by atoms with Gasteiger partial charge in [-0.2, -0.15) is 0 Å². The number of hydrogen-bond acceptors (Lipinski definition) is 0. The van der Waals surface area contributed by atoms with Crippen LogP contribution in [0.15, 0.2) is 0 Å². The summed E-state index contributed by atoms with van der Waals surface area (Å²) in [5.41, 5.74) is 0. The average Bonchev–Trinajstić information content (AvgIpc) is 2.10. The SMILES string of the molecule is C#CCC(C#CCC)CC#CC. The Morgan fingerprint density at radius 1 is 1.25 bits per heavy atom.